The van der Waals surface area contributed by atoms with Crippen molar-refractivity contribution in [3.05, 3.63) is 34.7 Å². The third kappa shape index (κ3) is 4.45. The summed E-state index contributed by atoms with van der Waals surface area (Å²) in [5, 5.41) is 3.98. The Labute approximate surface area is 174 Å². The second kappa shape index (κ2) is 9.21. The fourth-order valence-corrected chi connectivity index (χ4v) is 4.95. The second-order valence-electron chi connectivity index (χ2n) is 7.42. The zero-order valence-electron chi connectivity index (χ0n) is 16.7. The molecule has 0 saturated carbocycles. The highest BCUT2D eigenvalue weighted by Crippen LogP contribution is 2.38. The first-order chi connectivity index (χ1) is 14.2. The molecular formula is C21H27N3O4S. The molecule has 1 N–H and O–H groups in total. The van der Waals surface area contributed by atoms with Gasteiger partial charge in [-0.1, -0.05) is 18.2 Å². The van der Waals surface area contributed by atoms with Crippen molar-refractivity contribution >= 4 is 33.2 Å². The minimum absolute atomic E-state index is 0.101. The number of thiophene rings is 1. The van der Waals surface area contributed by atoms with E-state index in [2.05, 4.69) is 10.2 Å². The summed E-state index contributed by atoms with van der Waals surface area (Å²) in [6.07, 6.45) is 0.868. The zero-order chi connectivity index (χ0) is 20.2. The number of carbonyl (C=O) groups is 2. The van der Waals surface area contributed by atoms with E-state index >= 15 is 0 Å². The number of rotatable bonds is 7. The Balaban J connectivity index is 1.55. The molecule has 156 valence electrons. The number of fused-ring (bicyclic) bond motifs is 1. The van der Waals surface area contributed by atoms with Crippen LogP contribution >= 0.6 is 11.3 Å². The first kappa shape index (κ1) is 20.3. The molecule has 2 aliphatic rings. The van der Waals surface area contributed by atoms with E-state index in [1.165, 1.54) is 11.3 Å². The lowest BCUT2D eigenvalue weighted by atomic mass is 10.0. The molecule has 0 bridgehead atoms. The van der Waals surface area contributed by atoms with E-state index < -0.39 is 0 Å². The van der Waals surface area contributed by atoms with Gasteiger partial charge in [0.2, 0.25) is 5.91 Å². The second-order valence-corrected chi connectivity index (χ2v) is 8.47. The number of nitrogens with one attached hydrogen (secondary N) is 1. The van der Waals surface area contributed by atoms with Crippen LogP contribution in [-0.4, -0.2) is 81.2 Å². The number of hydrogen-bond donors (Lipinski definition) is 1. The summed E-state index contributed by atoms with van der Waals surface area (Å²) in [6, 6.07) is 8.04. The van der Waals surface area contributed by atoms with Crippen molar-refractivity contribution in [3.63, 3.8) is 0 Å². The molecule has 0 aliphatic carbocycles. The van der Waals surface area contributed by atoms with Gasteiger partial charge >= 0.3 is 0 Å². The molecule has 2 saturated heterocycles. The monoisotopic (exact) mass is 417 g/mol. The van der Waals surface area contributed by atoms with Gasteiger partial charge in [0.05, 0.1) is 30.7 Å². The van der Waals surface area contributed by atoms with Gasteiger partial charge in [0.1, 0.15) is 0 Å². The number of morpholine rings is 1. The molecule has 2 amide bonds. The topological polar surface area (TPSA) is 71.1 Å². The fourth-order valence-electron chi connectivity index (χ4n) is 3.78. The van der Waals surface area contributed by atoms with Crippen molar-refractivity contribution in [1.82, 2.24) is 15.1 Å². The highest BCUT2D eigenvalue weighted by Gasteiger charge is 2.31. The van der Waals surface area contributed by atoms with Gasteiger partial charge in [-0.25, -0.2) is 0 Å². The van der Waals surface area contributed by atoms with Gasteiger partial charge in [-0.3, -0.25) is 14.5 Å². The fraction of sp³-hybridized carbons (Fsp3) is 0.524. The Morgan fingerprint density at radius 2 is 2.10 bits per heavy atom. The molecule has 0 unspecified atom stereocenters. The van der Waals surface area contributed by atoms with Gasteiger partial charge in [0, 0.05) is 50.1 Å². The first-order valence-corrected chi connectivity index (χ1v) is 10.9. The Bertz CT molecular complexity index is 880. The lowest BCUT2D eigenvalue weighted by Crippen LogP contribution is -2.49. The number of methoxy groups -OCH3 is 1. The average molecular weight is 418 g/mol. The predicted octanol–water partition coefficient (Wildman–Crippen LogP) is 1.88. The molecule has 8 heteroatoms. The van der Waals surface area contributed by atoms with E-state index in [1.54, 1.807) is 7.11 Å². The summed E-state index contributed by atoms with van der Waals surface area (Å²) in [7, 11) is 1.61. The number of benzene rings is 1. The van der Waals surface area contributed by atoms with Crippen LogP contribution in [0.1, 0.15) is 27.8 Å². The standard InChI is InChI=1S/C21H27N3O4S/c1-27-11-7-22-21(26)20-19(15-5-2-3-6-17(15)29-20)16-13-23(10-12-28-16)14-18(25)24-8-4-9-24/h2-3,5-6,16H,4,7-14H2,1H3,(H,22,26)/t16-/m1/s1. The molecule has 2 aromatic rings. The normalized spacial score (nSPS) is 19.9. The largest absolute Gasteiger partial charge is 0.383 e. The lowest BCUT2D eigenvalue weighted by molar-refractivity contribution is -0.137. The Morgan fingerprint density at radius 3 is 2.86 bits per heavy atom. The van der Waals surface area contributed by atoms with Crippen LogP contribution in [0.15, 0.2) is 24.3 Å². The Morgan fingerprint density at radius 1 is 1.28 bits per heavy atom. The van der Waals surface area contributed by atoms with Crippen LogP contribution in [0.4, 0.5) is 0 Å². The number of amides is 2. The lowest BCUT2D eigenvalue weighted by Gasteiger charge is -2.36. The van der Waals surface area contributed by atoms with E-state index in [0.717, 1.165) is 41.7 Å². The van der Waals surface area contributed by atoms with Gasteiger partial charge in [-0.05, 0) is 17.9 Å². The summed E-state index contributed by atoms with van der Waals surface area (Å²) >= 11 is 1.49. The minimum Gasteiger partial charge on any atom is -0.383 e. The van der Waals surface area contributed by atoms with Crippen LogP contribution in [0.3, 0.4) is 0 Å². The van der Waals surface area contributed by atoms with Crippen LogP contribution in [-0.2, 0) is 14.3 Å². The Kier molecular flexibility index (Phi) is 6.44. The highest BCUT2D eigenvalue weighted by atomic mass is 32.1. The maximum Gasteiger partial charge on any atom is 0.261 e. The molecule has 2 aliphatic heterocycles. The number of likely N-dealkylation sites (tertiary alicyclic amines) is 1. The minimum atomic E-state index is -0.229. The van der Waals surface area contributed by atoms with Gasteiger partial charge in [0.15, 0.2) is 0 Å². The maximum atomic E-state index is 12.9. The number of ether oxygens (including phenoxy) is 2. The molecular weight excluding hydrogens is 390 g/mol. The van der Waals surface area contributed by atoms with Crippen molar-refractivity contribution in [1.29, 1.82) is 0 Å². The smallest absolute Gasteiger partial charge is 0.261 e. The van der Waals surface area contributed by atoms with E-state index in [1.807, 2.05) is 29.2 Å². The van der Waals surface area contributed by atoms with E-state index in [4.69, 9.17) is 9.47 Å². The van der Waals surface area contributed by atoms with Crippen LogP contribution in [0.2, 0.25) is 0 Å². The molecule has 1 aromatic heterocycles. The van der Waals surface area contributed by atoms with Crippen molar-refractivity contribution in [2.24, 2.45) is 0 Å². The van der Waals surface area contributed by atoms with E-state index in [-0.39, 0.29) is 17.9 Å². The summed E-state index contributed by atoms with van der Waals surface area (Å²) < 4.78 is 12.2. The van der Waals surface area contributed by atoms with Gasteiger partial charge in [-0.15, -0.1) is 11.3 Å². The van der Waals surface area contributed by atoms with Gasteiger partial charge in [-0.2, -0.15) is 0 Å². The highest BCUT2D eigenvalue weighted by molar-refractivity contribution is 7.21. The molecule has 1 aromatic carbocycles. The van der Waals surface area contributed by atoms with E-state index in [0.29, 0.717) is 37.7 Å². The van der Waals surface area contributed by atoms with Gasteiger partial charge < -0.3 is 19.7 Å². The van der Waals surface area contributed by atoms with Crippen molar-refractivity contribution in [2.45, 2.75) is 12.5 Å². The molecule has 0 radical (unpaired) electrons. The van der Waals surface area contributed by atoms with Crippen molar-refractivity contribution in [2.75, 3.05) is 59.6 Å². The van der Waals surface area contributed by atoms with Gasteiger partial charge in [0.25, 0.3) is 5.91 Å². The molecule has 0 spiro atoms. The number of carbonyl (C=O) groups excluding carboxylic acids is 2. The quantitative estimate of drug-likeness (QED) is 0.697. The third-order valence-corrected chi connectivity index (χ3v) is 6.66. The van der Waals surface area contributed by atoms with Crippen LogP contribution in [0, 0.1) is 0 Å². The number of hydrogen-bond acceptors (Lipinski definition) is 6. The molecule has 3 heterocycles. The van der Waals surface area contributed by atoms with Crippen LogP contribution < -0.4 is 5.32 Å². The molecule has 7 nitrogen and oxygen atoms in total. The summed E-state index contributed by atoms with van der Waals surface area (Å²) in [5.74, 6) is 0.0836. The number of nitrogens with zero attached hydrogens (tertiary/aromatic N) is 2. The summed E-state index contributed by atoms with van der Waals surface area (Å²) in [5.41, 5.74) is 0.932. The first-order valence-electron chi connectivity index (χ1n) is 10.1. The molecule has 1 atom stereocenters. The Hall–Kier alpha value is -2.00. The van der Waals surface area contributed by atoms with Crippen molar-refractivity contribution < 1.29 is 19.1 Å². The van der Waals surface area contributed by atoms with Crippen molar-refractivity contribution in [3.8, 4) is 0 Å². The molecule has 4 rings (SSSR count). The average Bonchev–Trinajstić information content (AvgIpc) is 3.06. The zero-order valence-corrected chi connectivity index (χ0v) is 17.5. The summed E-state index contributed by atoms with van der Waals surface area (Å²) in [4.78, 5) is 30.0. The predicted molar refractivity (Wildman–Crippen MR) is 112 cm³/mol. The van der Waals surface area contributed by atoms with Crippen LogP contribution in [0.25, 0.3) is 10.1 Å². The van der Waals surface area contributed by atoms with Crippen LogP contribution in [0.5, 0.6) is 0 Å². The van der Waals surface area contributed by atoms with E-state index in [9.17, 15) is 9.59 Å². The molecule has 2 fully saturated rings. The summed E-state index contributed by atoms with van der Waals surface area (Å²) in [6.45, 7) is 4.97. The SMILES string of the molecule is COCCNC(=O)c1sc2ccccc2c1[C@H]1CN(CC(=O)N2CCC2)CCO1. The molecule has 29 heavy (non-hydrogen) atoms. The maximum absolute atomic E-state index is 12.9. The third-order valence-electron chi connectivity index (χ3n) is 5.47.